The van der Waals surface area contributed by atoms with Crippen molar-refractivity contribution in [1.29, 1.82) is 0 Å². The number of rotatable bonds is 3. The summed E-state index contributed by atoms with van der Waals surface area (Å²) >= 11 is 0. The summed E-state index contributed by atoms with van der Waals surface area (Å²) in [7, 11) is 0. The molecule has 1 aromatic carbocycles. The van der Waals surface area contributed by atoms with Gasteiger partial charge in [-0.1, -0.05) is 12.1 Å². The van der Waals surface area contributed by atoms with Gasteiger partial charge in [-0.05, 0) is 30.3 Å². The van der Waals surface area contributed by atoms with Crippen LogP contribution < -0.4 is 4.74 Å². The topological polar surface area (TPSA) is 39.4 Å². The van der Waals surface area contributed by atoms with Crippen LogP contribution in [0.25, 0.3) is 5.65 Å². The van der Waals surface area contributed by atoms with Crippen LogP contribution in [0.4, 0.5) is 13.2 Å². The first kappa shape index (κ1) is 13.4. The lowest BCUT2D eigenvalue weighted by atomic mass is 10.2. The molecule has 0 aliphatic carbocycles. The van der Waals surface area contributed by atoms with Crippen LogP contribution in [0.15, 0.2) is 48.7 Å². The van der Waals surface area contributed by atoms with Gasteiger partial charge in [-0.2, -0.15) is 13.2 Å². The van der Waals surface area contributed by atoms with Gasteiger partial charge in [0.25, 0.3) is 0 Å². The highest BCUT2D eigenvalue weighted by Crippen LogP contribution is 2.31. The van der Waals surface area contributed by atoms with E-state index in [2.05, 4.69) is 10.1 Å². The maximum atomic E-state index is 12.6. The summed E-state index contributed by atoms with van der Waals surface area (Å²) in [5.41, 5.74) is -0.0943. The van der Waals surface area contributed by atoms with E-state index >= 15 is 0 Å². The average Bonchev–Trinajstić information content (AvgIpc) is 2.87. The summed E-state index contributed by atoms with van der Waals surface area (Å²) in [6.45, 7) is 0.00297. The summed E-state index contributed by atoms with van der Waals surface area (Å²) in [4.78, 5) is 4.20. The van der Waals surface area contributed by atoms with Crippen molar-refractivity contribution in [2.75, 3.05) is 0 Å². The van der Waals surface area contributed by atoms with Gasteiger partial charge in [-0.3, -0.25) is 0 Å². The fourth-order valence-electron chi connectivity index (χ4n) is 1.85. The summed E-state index contributed by atoms with van der Waals surface area (Å²) < 4.78 is 44.7. The molecule has 108 valence electrons. The standard InChI is InChI=1S/C14H10F3N3O/c15-14(16,17)10-4-3-5-11(8-10)21-9-12-18-13-6-1-2-7-20(13)19-12/h1-8H,9H2. The number of aromatic nitrogens is 3. The summed E-state index contributed by atoms with van der Waals surface area (Å²) in [5.74, 6) is 0.530. The number of hydrogen-bond donors (Lipinski definition) is 0. The van der Waals surface area contributed by atoms with E-state index in [-0.39, 0.29) is 12.4 Å². The second kappa shape index (κ2) is 5.08. The smallest absolute Gasteiger partial charge is 0.416 e. The molecule has 4 nitrogen and oxygen atoms in total. The van der Waals surface area contributed by atoms with Crippen LogP contribution in [-0.2, 0) is 12.8 Å². The Bertz CT molecular complexity index is 734. The molecule has 2 aromatic heterocycles. The first-order valence-corrected chi connectivity index (χ1v) is 6.13. The molecule has 0 amide bonds. The molecule has 0 spiro atoms. The number of benzene rings is 1. The van der Waals surface area contributed by atoms with Crippen LogP contribution in [0.1, 0.15) is 11.4 Å². The molecule has 0 aliphatic rings. The lowest BCUT2D eigenvalue weighted by Crippen LogP contribution is -2.05. The molecule has 3 aromatic rings. The highest BCUT2D eigenvalue weighted by molar-refractivity contribution is 5.36. The number of halogens is 3. The van der Waals surface area contributed by atoms with Crippen molar-refractivity contribution in [1.82, 2.24) is 14.6 Å². The fourth-order valence-corrected chi connectivity index (χ4v) is 1.85. The van der Waals surface area contributed by atoms with Crippen LogP contribution >= 0.6 is 0 Å². The maximum absolute atomic E-state index is 12.6. The number of nitrogens with zero attached hydrogens (tertiary/aromatic N) is 3. The van der Waals surface area contributed by atoms with Crippen LogP contribution in [0.5, 0.6) is 5.75 Å². The number of alkyl halides is 3. The molecule has 3 rings (SSSR count). The molecule has 21 heavy (non-hydrogen) atoms. The SMILES string of the molecule is FC(F)(F)c1cccc(OCc2nc3ccccn3n2)c1. The number of hydrogen-bond acceptors (Lipinski definition) is 3. The highest BCUT2D eigenvalue weighted by Gasteiger charge is 2.30. The van der Waals surface area contributed by atoms with Gasteiger partial charge in [0.05, 0.1) is 5.56 Å². The zero-order chi connectivity index (χ0) is 14.9. The quantitative estimate of drug-likeness (QED) is 0.743. The van der Waals surface area contributed by atoms with Crippen LogP contribution in [-0.4, -0.2) is 14.6 Å². The first-order chi connectivity index (χ1) is 10.0. The molecule has 0 unspecified atom stereocenters. The Hall–Kier alpha value is -2.57. The van der Waals surface area contributed by atoms with Crippen molar-refractivity contribution in [3.05, 3.63) is 60.0 Å². The minimum absolute atomic E-state index is 0.00297. The van der Waals surface area contributed by atoms with E-state index in [1.165, 1.54) is 12.1 Å². The fraction of sp³-hybridized carbons (Fsp3) is 0.143. The lowest BCUT2D eigenvalue weighted by Gasteiger charge is -2.09. The predicted octanol–water partition coefficient (Wildman–Crippen LogP) is 3.33. The van der Waals surface area contributed by atoms with E-state index < -0.39 is 11.7 Å². The monoisotopic (exact) mass is 293 g/mol. The zero-order valence-electron chi connectivity index (χ0n) is 10.7. The van der Waals surface area contributed by atoms with Crippen LogP contribution in [0.3, 0.4) is 0 Å². The second-order valence-corrected chi connectivity index (χ2v) is 4.35. The van der Waals surface area contributed by atoms with Crippen LogP contribution in [0.2, 0.25) is 0 Å². The lowest BCUT2D eigenvalue weighted by molar-refractivity contribution is -0.137. The van der Waals surface area contributed by atoms with Gasteiger partial charge in [0.15, 0.2) is 11.5 Å². The average molecular weight is 293 g/mol. The normalized spacial score (nSPS) is 11.8. The van der Waals surface area contributed by atoms with Gasteiger partial charge in [-0.25, -0.2) is 9.50 Å². The van der Waals surface area contributed by atoms with Gasteiger partial charge < -0.3 is 4.74 Å². The van der Waals surface area contributed by atoms with Crippen molar-refractivity contribution in [2.45, 2.75) is 12.8 Å². The van der Waals surface area contributed by atoms with E-state index in [0.29, 0.717) is 11.5 Å². The van der Waals surface area contributed by atoms with Crippen molar-refractivity contribution in [3.63, 3.8) is 0 Å². The molecule has 0 bridgehead atoms. The molecule has 0 aliphatic heterocycles. The van der Waals surface area contributed by atoms with E-state index in [1.807, 2.05) is 6.07 Å². The van der Waals surface area contributed by atoms with E-state index in [1.54, 1.807) is 22.8 Å². The molecule has 7 heteroatoms. The molecule has 0 fully saturated rings. The minimum Gasteiger partial charge on any atom is -0.486 e. The van der Waals surface area contributed by atoms with Crippen LogP contribution in [0, 0.1) is 0 Å². The van der Waals surface area contributed by atoms with Gasteiger partial charge >= 0.3 is 6.18 Å². The maximum Gasteiger partial charge on any atom is 0.416 e. The van der Waals surface area contributed by atoms with Gasteiger partial charge in [0, 0.05) is 6.20 Å². The molecule has 0 radical (unpaired) electrons. The second-order valence-electron chi connectivity index (χ2n) is 4.35. The third kappa shape index (κ3) is 2.96. The molecule has 0 saturated heterocycles. The number of pyridine rings is 1. The van der Waals surface area contributed by atoms with E-state index in [4.69, 9.17) is 4.74 Å². The van der Waals surface area contributed by atoms with Gasteiger partial charge in [0.1, 0.15) is 12.4 Å². The summed E-state index contributed by atoms with van der Waals surface area (Å²) in [5, 5.41) is 4.16. The van der Waals surface area contributed by atoms with Gasteiger partial charge in [0.2, 0.25) is 0 Å². The molecule has 2 heterocycles. The third-order valence-corrected chi connectivity index (χ3v) is 2.81. The van der Waals surface area contributed by atoms with E-state index in [0.717, 1.165) is 12.1 Å². The Morgan fingerprint density at radius 1 is 1.10 bits per heavy atom. The summed E-state index contributed by atoms with van der Waals surface area (Å²) in [6.07, 6.45) is -2.66. The molecule has 0 N–H and O–H groups in total. The van der Waals surface area contributed by atoms with Crippen molar-refractivity contribution < 1.29 is 17.9 Å². The Labute approximate surface area is 117 Å². The first-order valence-electron chi connectivity index (χ1n) is 6.13. The molecule has 0 atom stereocenters. The van der Waals surface area contributed by atoms with E-state index in [9.17, 15) is 13.2 Å². The Morgan fingerprint density at radius 3 is 2.71 bits per heavy atom. The molecular formula is C14H10F3N3O. The Balaban J connectivity index is 1.75. The number of fused-ring (bicyclic) bond motifs is 1. The summed E-state index contributed by atoms with van der Waals surface area (Å²) in [6, 6.07) is 10.1. The molecule has 0 saturated carbocycles. The van der Waals surface area contributed by atoms with Crippen molar-refractivity contribution >= 4 is 5.65 Å². The minimum atomic E-state index is -4.39. The van der Waals surface area contributed by atoms with Crippen molar-refractivity contribution in [2.24, 2.45) is 0 Å². The highest BCUT2D eigenvalue weighted by atomic mass is 19.4. The third-order valence-electron chi connectivity index (χ3n) is 2.81. The zero-order valence-corrected chi connectivity index (χ0v) is 10.7. The molecular weight excluding hydrogens is 283 g/mol. The van der Waals surface area contributed by atoms with Gasteiger partial charge in [-0.15, -0.1) is 5.10 Å². The van der Waals surface area contributed by atoms with Crippen molar-refractivity contribution in [3.8, 4) is 5.75 Å². The number of ether oxygens (including phenoxy) is 1. The largest absolute Gasteiger partial charge is 0.486 e. The Kier molecular flexibility index (Phi) is 3.25. The Morgan fingerprint density at radius 2 is 1.95 bits per heavy atom. The predicted molar refractivity (Wildman–Crippen MR) is 68.8 cm³/mol.